The third-order valence-corrected chi connectivity index (χ3v) is 4.73. The lowest BCUT2D eigenvalue weighted by Gasteiger charge is -2.44. The Hall–Kier alpha value is -1.36. The van der Waals surface area contributed by atoms with Crippen LogP contribution < -0.4 is 5.32 Å². The van der Waals surface area contributed by atoms with Gasteiger partial charge >= 0.3 is 0 Å². The quantitative estimate of drug-likeness (QED) is 0.822. The summed E-state index contributed by atoms with van der Waals surface area (Å²) >= 11 is 0. The van der Waals surface area contributed by atoms with E-state index < -0.39 is 0 Å². The lowest BCUT2D eigenvalue weighted by Crippen LogP contribution is -2.47. The van der Waals surface area contributed by atoms with E-state index in [2.05, 4.69) is 10.4 Å². The van der Waals surface area contributed by atoms with Gasteiger partial charge in [-0.25, -0.2) is 0 Å². The molecule has 3 heterocycles. The number of likely N-dealkylation sites (tertiary alicyclic amines) is 1. The monoisotopic (exact) mass is 262 g/mol. The average molecular weight is 262 g/mol. The summed E-state index contributed by atoms with van der Waals surface area (Å²) in [5.74, 6) is 0.136. The van der Waals surface area contributed by atoms with Crippen molar-refractivity contribution >= 4 is 5.91 Å². The van der Waals surface area contributed by atoms with Gasteiger partial charge in [-0.05, 0) is 44.2 Å². The van der Waals surface area contributed by atoms with Crippen LogP contribution in [0.5, 0.6) is 0 Å². The number of carbonyl (C=O) groups is 1. The van der Waals surface area contributed by atoms with Crippen molar-refractivity contribution in [2.75, 3.05) is 26.2 Å². The molecule has 104 valence electrons. The Balaban J connectivity index is 1.62. The fourth-order valence-electron chi connectivity index (χ4n) is 3.36. The SMILES string of the molecule is Cn1cc(C(=O)N2CCC3(CCNCC3)CC2)cn1. The van der Waals surface area contributed by atoms with Crippen LogP contribution in [0.4, 0.5) is 0 Å². The van der Waals surface area contributed by atoms with Gasteiger partial charge in [-0.2, -0.15) is 5.10 Å². The number of aryl methyl sites for hydroxylation is 1. The maximum atomic E-state index is 12.3. The minimum absolute atomic E-state index is 0.136. The summed E-state index contributed by atoms with van der Waals surface area (Å²) < 4.78 is 1.69. The first kappa shape index (κ1) is 12.7. The molecule has 3 rings (SSSR count). The zero-order chi connectivity index (χ0) is 13.3. The van der Waals surface area contributed by atoms with Crippen molar-refractivity contribution < 1.29 is 4.79 Å². The third-order valence-electron chi connectivity index (χ3n) is 4.73. The predicted octanol–water partition coefficient (Wildman–Crippen LogP) is 1.03. The van der Waals surface area contributed by atoms with E-state index in [1.807, 2.05) is 11.9 Å². The molecule has 1 aromatic heterocycles. The van der Waals surface area contributed by atoms with Crippen molar-refractivity contribution in [2.45, 2.75) is 25.7 Å². The molecule has 2 aliphatic heterocycles. The van der Waals surface area contributed by atoms with Gasteiger partial charge in [-0.1, -0.05) is 0 Å². The van der Waals surface area contributed by atoms with Crippen LogP contribution in [0.2, 0.25) is 0 Å². The van der Waals surface area contributed by atoms with Crippen LogP contribution in [0.15, 0.2) is 12.4 Å². The van der Waals surface area contributed by atoms with E-state index in [1.54, 1.807) is 17.1 Å². The molecule has 0 aliphatic carbocycles. The summed E-state index contributed by atoms with van der Waals surface area (Å²) in [6.45, 7) is 4.06. The van der Waals surface area contributed by atoms with Gasteiger partial charge in [0.15, 0.2) is 0 Å². The average Bonchev–Trinajstić information content (AvgIpc) is 2.87. The molecule has 2 fully saturated rings. The van der Waals surface area contributed by atoms with Crippen LogP contribution in [-0.2, 0) is 7.05 Å². The van der Waals surface area contributed by atoms with E-state index >= 15 is 0 Å². The van der Waals surface area contributed by atoms with Crippen molar-refractivity contribution in [1.82, 2.24) is 20.0 Å². The van der Waals surface area contributed by atoms with Crippen molar-refractivity contribution in [3.05, 3.63) is 18.0 Å². The minimum atomic E-state index is 0.136. The standard InChI is InChI=1S/C14H22N4O/c1-17-11-12(10-16-17)13(19)18-8-4-14(5-9-18)2-6-15-7-3-14/h10-11,15H,2-9H2,1H3. The number of hydrogen-bond acceptors (Lipinski definition) is 3. The van der Waals surface area contributed by atoms with E-state index in [-0.39, 0.29) is 5.91 Å². The number of amides is 1. The molecule has 2 aliphatic rings. The molecule has 0 bridgehead atoms. The van der Waals surface area contributed by atoms with Gasteiger partial charge in [0.25, 0.3) is 5.91 Å². The van der Waals surface area contributed by atoms with Gasteiger partial charge in [0.1, 0.15) is 0 Å². The lowest BCUT2D eigenvalue weighted by molar-refractivity contribution is 0.0495. The van der Waals surface area contributed by atoms with Crippen molar-refractivity contribution in [3.63, 3.8) is 0 Å². The fraction of sp³-hybridized carbons (Fsp3) is 0.714. The first-order valence-corrected chi connectivity index (χ1v) is 7.17. The molecular formula is C14H22N4O. The van der Waals surface area contributed by atoms with Gasteiger partial charge in [-0.15, -0.1) is 0 Å². The number of piperidine rings is 2. The smallest absolute Gasteiger partial charge is 0.257 e. The van der Waals surface area contributed by atoms with Crippen LogP contribution >= 0.6 is 0 Å². The molecule has 1 aromatic rings. The highest BCUT2D eigenvalue weighted by molar-refractivity contribution is 5.93. The lowest BCUT2D eigenvalue weighted by atomic mass is 9.71. The summed E-state index contributed by atoms with van der Waals surface area (Å²) in [4.78, 5) is 14.3. The zero-order valence-electron chi connectivity index (χ0n) is 11.6. The normalized spacial score (nSPS) is 22.7. The number of nitrogens with zero attached hydrogens (tertiary/aromatic N) is 3. The molecular weight excluding hydrogens is 240 g/mol. The maximum absolute atomic E-state index is 12.3. The minimum Gasteiger partial charge on any atom is -0.339 e. The van der Waals surface area contributed by atoms with Crippen LogP contribution in [-0.4, -0.2) is 46.8 Å². The largest absolute Gasteiger partial charge is 0.339 e. The third kappa shape index (κ3) is 2.52. The predicted molar refractivity (Wildman–Crippen MR) is 72.9 cm³/mol. The van der Waals surface area contributed by atoms with E-state index in [1.165, 1.54) is 12.8 Å². The summed E-state index contributed by atoms with van der Waals surface area (Å²) in [5.41, 5.74) is 1.21. The van der Waals surface area contributed by atoms with Gasteiger partial charge < -0.3 is 10.2 Å². The van der Waals surface area contributed by atoms with Crippen molar-refractivity contribution in [2.24, 2.45) is 12.5 Å². The van der Waals surface area contributed by atoms with Crippen LogP contribution in [0.1, 0.15) is 36.0 Å². The van der Waals surface area contributed by atoms with E-state index in [9.17, 15) is 4.79 Å². The highest BCUT2D eigenvalue weighted by Gasteiger charge is 2.36. The summed E-state index contributed by atoms with van der Waals surface area (Å²) in [6, 6.07) is 0. The molecule has 1 amide bonds. The Morgan fingerprint density at radius 3 is 2.53 bits per heavy atom. The molecule has 19 heavy (non-hydrogen) atoms. The number of hydrogen-bond donors (Lipinski definition) is 1. The van der Waals surface area contributed by atoms with Crippen molar-refractivity contribution in [1.29, 1.82) is 0 Å². The zero-order valence-corrected chi connectivity index (χ0v) is 11.6. The molecule has 1 spiro atoms. The summed E-state index contributed by atoms with van der Waals surface area (Å²) in [5, 5.41) is 7.50. The fourth-order valence-corrected chi connectivity index (χ4v) is 3.36. The topological polar surface area (TPSA) is 50.2 Å². The van der Waals surface area contributed by atoms with Gasteiger partial charge in [0.2, 0.25) is 0 Å². The molecule has 5 nitrogen and oxygen atoms in total. The van der Waals surface area contributed by atoms with Crippen LogP contribution in [0.25, 0.3) is 0 Å². The van der Waals surface area contributed by atoms with Crippen LogP contribution in [0.3, 0.4) is 0 Å². The Morgan fingerprint density at radius 2 is 1.95 bits per heavy atom. The molecule has 0 radical (unpaired) electrons. The first-order chi connectivity index (χ1) is 9.19. The Kier molecular flexibility index (Phi) is 3.31. The summed E-state index contributed by atoms with van der Waals surface area (Å²) in [7, 11) is 1.84. The van der Waals surface area contributed by atoms with Gasteiger partial charge in [0, 0.05) is 26.3 Å². The second-order valence-electron chi connectivity index (χ2n) is 5.94. The highest BCUT2D eigenvalue weighted by atomic mass is 16.2. The summed E-state index contributed by atoms with van der Waals surface area (Å²) in [6.07, 6.45) is 8.31. The molecule has 5 heteroatoms. The Bertz CT molecular complexity index is 452. The van der Waals surface area contributed by atoms with Gasteiger partial charge in [0.05, 0.1) is 11.8 Å². The second-order valence-corrected chi connectivity index (χ2v) is 5.94. The molecule has 0 atom stereocenters. The van der Waals surface area contributed by atoms with E-state index in [0.717, 1.165) is 39.0 Å². The van der Waals surface area contributed by atoms with Crippen LogP contribution in [0, 0.1) is 5.41 Å². The van der Waals surface area contributed by atoms with E-state index in [0.29, 0.717) is 11.0 Å². The maximum Gasteiger partial charge on any atom is 0.257 e. The van der Waals surface area contributed by atoms with Gasteiger partial charge in [-0.3, -0.25) is 9.48 Å². The molecule has 0 unspecified atom stereocenters. The highest BCUT2D eigenvalue weighted by Crippen LogP contribution is 2.39. The molecule has 2 saturated heterocycles. The second kappa shape index (κ2) is 4.96. The molecule has 0 saturated carbocycles. The first-order valence-electron chi connectivity index (χ1n) is 7.17. The number of rotatable bonds is 1. The number of aromatic nitrogens is 2. The van der Waals surface area contributed by atoms with E-state index in [4.69, 9.17) is 0 Å². The Labute approximate surface area is 114 Å². The molecule has 1 N–H and O–H groups in total. The Morgan fingerprint density at radius 1 is 1.26 bits per heavy atom. The number of nitrogens with one attached hydrogen (secondary N) is 1. The van der Waals surface area contributed by atoms with Crippen molar-refractivity contribution in [3.8, 4) is 0 Å². The number of carbonyl (C=O) groups excluding carboxylic acids is 1. The molecule has 0 aromatic carbocycles.